The van der Waals surface area contributed by atoms with Crippen molar-refractivity contribution >= 4 is 40.1 Å². The Morgan fingerprint density at radius 2 is 1.49 bits per heavy atom. The van der Waals surface area contributed by atoms with E-state index in [1.165, 1.54) is 72.7 Å². The third-order valence-corrected chi connectivity index (χ3v) is 11.6. The van der Waals surface area contributed by atoms with Crippen molar-refractivity contribution in [3.8, 4) is 0 Å². The number of hydrogen-bond donors (Lipinski definition) is 1. The number of halogens is 1. The number of benzene rings is 3. The highest BCUT2D eigenvalue weighted by Gasteiger charge is 2.43. The van der Waals surface area contributed by atoms with Gasteiger partial charge in [-0.1, -0.05) is 95.5 Å². The fourth-order valence-electron chi connectivity index (χ4n) is 8.60. The van der Waals surface area contributed by atoms with Crippen molar-refractivity contribution in [1.29, 1.82) is 0 Å². The monoisotopic (exact) mass is 770 g/mol. The Balaban J connectivity index is 1.87. The van der Waals surface area contributed by atoms with Crippen molar-refractivity contribution in [1.82, 2.24) is 5.32 Å². The molecular weight excluding hydrogens is 711 g/mol. The highest BCUT2D eigenvalue weighted by Crippen LogP contribution is 2.48. The number of allylic oxidation sites excluding steroid dienone is 1. The molecule has 0 amide bonds. The van der Waals surface area contributed by atoms with E-state index >= 15 is 0 Å². The van der Waals surface area contributed by atoms with Crippen LogP contribution in [0, 0.1) is 65.2 Å². The molecule has 2 aliphatic rings. The summed E-state index contributed by atoms with van der Waals surface area (Å²) in [7, 11) is 0. The van der Waals surface area contributed by atoms with Crippen molar-refractivity contribution in [2.24, 2.45) is 28.7 Å². The fraction of sp³-hybridized carbons (Fsp3) is 0.489. The first-order chi connectivity index (χ1) is 23.0. The summed E-state index contributed by atoms with van der Waals surface area (Å²) in [5.74, 6) is 2.88. The zero-order valence-electron chi connectivity index (χ0n) is 32.4. The molecule has 262 valence electrons. The molecule has 1 heterocycles. The average Bonchev–Trinajstić information content (AvgIpc) is 2.98. The van der Waals surface area contributed by atoms with Crippen LogP contribution in [-0.4, -0.2) is 11.8 Å². The highest BCUT2D eigenvalue weighted by molar-refractivity contribution is 14.1. The molecule has 49 heavy (non-hydrogen) atoms. The normalized spacial score (nSPS) is 24.1. The Morgan fingerprint density at radius 3 is 2.06 bits per heavy atom. The molecular formula is C45H59IN2O. The number of aliphatic imine (C=N–C) groups is 1. The van der Waals surface area contributed by atoms with Crippen LogP contribution in [0.2, 0.25) is 0 Å². The van der Waals surface area contributed by atoms with Crippen molar-refractivity contribution in [3.05, 3.63) is 115 Å². The summed E-state index contributed by atoms with van der Waals surface area (Å²) < 4.78 is 6.07. The van der Waals surface area contributed by atoms with Crippen LogP contribution < -0.4 is 5.32 Å². The number of aryl methyl sites for hydroxylation is 6. The maximum absolute atomic E-state index is 6.07. The number of fused-ring (bicyclic) bond motifs is 1. The Morgan fingerprint density at radius 1 is 0.878 bits per heavy atom. The van der Waals surface area contributed by atoms with Gasteiger partial charge in [-0.05, 0) is 118 Å². The van der Waals surface area contributed by atoms with E-state index in [1.54, 1.807) is 0 Å². The molecule has 1 aliphatic heterocycles. The van der Waals surface area contributed by atoms with Gasteiger partial charge in [0.2, 0.25) is 0 Å². The van der Waals surface area contributed by atoms with Gasteiger partial charge in [0.05, 0.1) is 17.1 Å². The summed E-state index contributed by atoms with van der Waals surface area (Å²) in [6.07, 6.45) is 3.09. The molecule has 3 aromatic carbocycles. The summed E-state index contributed by atoms with van der Waals surface area (Å²) in [4.78, 5) is 5.90. The molecule has 1 aliphatic carbocycles. The van der Waals surface area contributed by atoms with Crippen LogP contribution >= 0.6 is 23.0 Å². The average molecular weight is 771 g/mol. The minimum absolute atomic E-state index is 0.168. The molecule has 1 fully saturated rings. The molecule has 3 nitrogen and oxygen atoms in total. The van der Waals surface area contributed by atoms with Crippen molar-refractivity contribution < 1.29 is 3.07 Å². The molecule has 3 unspecified atom stereocenters. The molecule has 5 rings (SSSR count). The summed E-state index contributed by atoms with van der Waals surface area (Å²) in [6, 6.07) is 18.7. The lowest BCUT2D eigenvalue weighted by Gasteiger charge is -2.45. The minimum Gasteiger partial charge on any atom is -0.432 e. The summed E-state index contributed by atoms with van der Waals surface area (Å²) in [5.41, 5.74) is 17.5. The predicted octanol–water partition coefficient (Wildman–Crippen LogP) is 12.5. The molecule has 0 spiro atoms. The van der Waals surface area contributed by atoms with Crippen LogP contribution in [0.4, 0.5) is 0 Å². The second-order valence-corrected chi connectivity index (χ2v) is 17.1. The molecule has 0 radical (unpaired) electrons. The third-order valence-electron chi connectivity index (χ3n) is 11.1. The van der Waals surface area contributed by atoms with E-state index in [4.69, 9.17) is 8.06 Å². The van der Waals surface area contributed by atoms with Gasteiger partial charge < -0.3 is 8.38 Å². The smallest absolute Gasteiger partial charge is 0.192 e. The van der Waals surface area contributed by atoms with E-state index in [0.717, 1.165) is 30.7 Å². The third kappa shape index (κ3) is 7.60. The maximum atomic E-state index is 6.07. The van der Waals surface area contributed by atoms with Gasteiger partial charge in [0.1, 0.15) is 5.76 Å². The quantitative estimate of drug-likeness (QED) is 0.174. The van der Waals surface area contributed by atoms with Crippen LogP contribution in [0.5, 0.6) is 0 Å². The van der Waals surface area contributed by atoms with Gasteiger partial charge in [-0.3, -0.25) is 0 Å². The molecule has 4 heteroatoms. The van der Waals surface area contributed by atoms with Gasteiger partial charge in [-0.2, -0.15) is 0 Å². The molecule has 1 saturated carbocycles. The van der Waals surface area contributed by atoms with E-state index in [9.17, 15) is 0 Å². The number of nitrogens with zero attached hydrogens (tertiary/aromatic N) is 1. The zero-order chi connectivity index (χ0) is 35.9. The largest absolute Gasteiger partial charge is 0.432 e. The van der Waals surface area contributed by atoms with Crippen LogP contribution in [-0.2, 0) is 8.48 Å². The van der Waals surface area contributed by atoms with Gasteiger partial charge in [-0.15, -0.1) is 0 Å². The van der Waals surface area contributed by atoms with E-state index < -0.39 is 0 Å². The van der Waals surface area contributed by atoms with E-state index in [0.29, 0.717) is 17.8 Å². The lowest BCUT2D eigenvalue weighted by Crippen LogP contribution is -2.47. The maximum Gasteiger partial charge on any atom is 0.192 e. The molecule has 3 aromatic rings. The van der Waals surface area contributed by atoms with Gasteiger partial charge in [0.25, 0.3) is 0 Å². The lowest BCUT2D eigenvalue weighted by molar-refractivity contribution is 0.265. The summed E-state index contributed by atoms with van der Waals surface area (Å²) >= 11 is 2.11. The number of nitrogens with one attached hydrogen (secondary N) is 1. The van der Waals surface area contributed by atoms with Crippen molar-refractivity contribution in [3.63, 3.8) is 0 Å². The zero-order valence-corrected chi connectivity index (χ0v) is 34.5. The Hall–Kier alpha value is -2.86. The minimum atomic E-state index is -0.177. The molecule has 1 N–H and O–H groups in total. The van der Waals surface area contributed by atoms with E-state index in [2.05, 4.69) is 167 Å². The van der Waals surface area contributed by atoms with Gasteiger partial charge in [-0.25, -0.2) is 4.99 Å². The van der Waals surface area contributed by atoms with Crippen LogP contribution in [0.3, 0.4) is 0 Å². The first-order valence-corrected chi connectivity index (χ1v) is 19.3. The van der Waals surface area contributed by atoms with Gasteiger partial charge in [0.15, 0.2) is 23.0 Å². The van der Waals surface area contributed by atoms with Crippen molar-refractivity contribution in [2.75, 3.05) is 0 Å². The predicted molar refractivity (Wildman–Crippen MR) is 219 cm³/mol. The highest BCUT2D eigenvalue weighted by atomic mass is 127. The fourth-order valence-corrected chi connectivity index (χ4v) is 9.07. The number of hydrogen-bond acceptors (Lipinski definition) is 3. The van der Waals surface area contributed by atoms with E-state index in [1.807, 2.05) is 0 Å². The number of rotatable bonds is 9. The topological polar surface area (TPSA) is 33.6 Å². The molecule has 0 bridgehead atoms. The second kappa shape index (κ2) is 14.8. The van der Waals surface area contributed by atoms with Gasteiger partial charge in [0, 0.05) is 41.0 Å². The van der Waals surface area contributed by atoms with E-state index in [-0.39, 0.29) is 17.4 Å². The summed E-state index contributed by atoms with van der Waals surface area (Å²) in [6.45, 7) is 30.0. The van der Waals surface area contributed by atoms with Crippen molar-refractivity contribution in [2.45, 2.75) is 121 Å². The summed E-state index contributed by atoms with van der Waals surface area (Å²) in [5, 5.41) is 4.27. The standard InChI is InChI=1S/C45H59IN2O/c1-25(2)17-35-36(39(49-46)18-26(3)4)24-38(35)47-44-37-23-29(7)20-32(10)41(37)45(12,13)33(11)42(40-30(8)15-14-16-31(40)9)48-43(44)34-21-27(5)19-28(6)22-34/h14-16,19-23,25-26,33,35,38,47H,17-18,24H2,1-13H3/b39-36-,44-43-,48-42+. The Bertz CT molecular complexity index is 1780. The molecule has 3 atom stereocenters. The van der Waals surface area contributed by atoms with Gasteiger partial charge >= 0.3 is 0 Å². The Kier molecular flexibility index (Phi) is 11.3. The first kappa shape index (κ1) is 37.4. The van der Waals surface area contributed by atoms with Crippen LogP contribution in [0.1, 0.15) is 123 Å². The first-order valence-electron chi connectivity index (χ1n) is 18.4. The van der Waals surface area contributed by atoms with Crippen LogP contribution in [0.25, 0.3) is 11.4 Å². The Labute approximate surface area is 311 Å². The second-order valence-electron chi connectivity index (χ2n) is 16.6. The lowest BCUT2D eigenvalue weighted by atomic mass is 9.66. The molecule has 0 aromatic heterocycles. The van der Waals surface area contributed by atoms with Crippen LogP contribution in [0.15, 0.2) is 64.9 Å². The SMILES string of the molecule is Cc1cc(C)cc(C2=C(/NC3C/C(=C(\CC(C)C)OI)C3CC(C)C)c3cc(C)cc(C)c3C(C)(C)C(C)/C(c3c(C)cccc3C)=N\2)c1. The molecule has 0 saturated heterocycles.